The molecule has 5 nitrogen and oxygen atoms in total. The number of nitrogens with one attached hydrogen (secondary N) is 1. The van der Waals surface area contributed by atoms with Crippen molar-refractivity contribution in [3.05, 3.63) is 29.8 Å². The molecule has 6 heteroatoms. The molecule has 0 unspecified atom stereocenters. The fourth-order valence-corrected chi connectivity index (χ4v) is 1.71. The molecule has 0 aliphatic carbocycles. The molecule has 1 saturated heterocycles. The summed E-state index contributed by atoms with van der Waals surface area (Å²) in [6.07, 6.45) is -0.120. The Labute approximate surface area is 103 Å². The Hall–Kier alpha value is -1.75. The van der Waals surface area contributed by atoms with E-state index in [2.05, 4.69) is 0 Å². The van der Waals surface area contributed by atoms with Crippen LogP contribution in [0.4, 0.5) is 10.5 Å². The number of amides is 2. The summed E-state index contributed by atoms with van der Waals surface area (Å²) in [5.74, 6) is -0.264. The van der Waals surface area contributed by atoms with Crippen molar-refractivity contribution >= 4 is 29.5 Å². The van der Waals surface area contributed by atoms with E-state index in [9.17, 15) is 9.59 Å². The smallest absolute Gasteiger partial charge is 0.414 e. The number of ether oxygens (including phenoxy) is 1. The number of rotatable bonds is 3. The van der Waals surface area contributed by atoms with E-state index in [1.54, 1.807) is 29.2 Å². The van der Waals surface area contributed by atoms with E-state index in [0.717, 1.165) is 11.3 Å². The Balaban J connectivity index is 2.07. The first-order chi connectivity index (χ1) is 8.20. The predicted molar refractivity (Wildman–Crippen MR) is 62.8 cm³/mol. The molecule has 0 saturated carbocycles. The van der Waals surface area contributed by atoms with E-state index >= 15 is 0 Å². The number of benzene rings is 1. The van der Waals surface area contributed by atoms with Crippen molar-refractivity contribution in [2.24, 2.45) is 0 Å². The van der Waals surface area contributed by atoms with E-state index in [-0.39, 0.29) is 18.4 Å². The van der Waals surface area contributed by atoms with E-state index in [0.29, 0.717) is 13.2 Å². The molecule has 0 aromatic heterocycles. The quantitative estimate of drug-likeness (QED) is 0.831. The maximum atomic E-state index is 11.3. The molecule has 0 spiro atoms. The zero-order chi connectivity index (χ0) is 12.3. The summed E-state index contributed by atoms with van der Waals surface area (Å²) in [4.78, 5) is 25.9. The Morgan fingerprint density at radius 2 is 2.12 bits per heavy atom. The maximum absolute atomic E-state index is 11.3. The molecule has 1 aromatic carbocycles. The van der Waals surface area contributed by atoms with Gasteiger partial charge in [0.25, 0.3) is 0 Å². The standard InChI is InChI=1S/C11H11ClN2O3/c12-13-10(15)7-8-1-3-9(4-2-8)14-5-6-17-11(14)16/h1-4H,5-7H2,(H,13,15). The monoisotopic (exact) mass is 254 g/mol. The van der Waals surface area contributed by atoms with Gasteiger partial charge in [0.1, 0.15) is 6.61 Å². The summed E-state index contributed by atoms with van der Waals surface area (Å²) >= 11 is 5.19. The van der Waals surface area contributed by atoms with Gasteiger partial charge in [-0.15, -0.1) is 0 Å². The molecular weight excluding hydrogens is 244 g/mol. The molecule has 90 valence electrons. The molecule has 17 heavy (non-hydrogen) atoms. The number of carbonyl (C=O) groups excluding carboxylic acids is 2. The second-order valence-corrected chi connectivity index (χ2v) is 3.82. The third-order valence-electron chi connectivity index (χ3n) is 2.48. The number of anilines is 1. The van der Waals surface area contributed by atoms with Crippen molar-refractivity contribution in [2.75, 3.05) is 18.1 Å². The van der Waals surface area contributed by atoms with Crippen LogP contribution in [0.3, 0.4) is 0 Å². The molecule has 1 heterocycles. The molecular formula is C11H11ClN2O3. The largest absolute Gasteiger partial charge is 0.447 e. The van der Waals surface area contributed by atoms with Gasteiger partial charge in [0, 0.05) is 17.5 Å². The molecule has 1 aliphatic rings. The van der Waals surface area contributed by atoms with Gasteiger partial charge in [0.05, 0.1) is 13.0 Å². The third-order valence-corrected chi connectivity index (χ3v) is 2.69. The highest BCUT2D eigenvalue weighted by molar-refractivity contribution is 6.21. The van der Waals surface area contributed by atoms with Crippen LogP contribution in [0, 0.1) is 0 Å². The number of carbonyl (C=O) groups is 2. The number of hydrogen-bond acceptors (Lipinski definition) is 3. The van der Waals surface area contributed by atoms with Gasteiger partial charge in [0.2, 0.25) is 5.91 Å². The molecule has 1 fully saturated rings. The van der Waals surface area contributed by atoms with E-state index in [4.69, 9.17) is 16.5 Å². The Kier molecular flexibility index (Phi) is 3.49. The van der Waals surface area contributed by atoms with Crippen molar-refractivity contribution in [1.29, 1.82) is 0 Å². The summed E-state index contributed by atoms with van der Waals surface area (Å²) in [7, 11) is 0. The van der Waals surface area contributed by atoms with Gasteiger partial charge in [-0.2, -0.15) is 0 Å². The Morgan fingerprint density at radius 3 is 2.65 bits per heavy atom. The van der Waals surface area contributed by atoms with Crippen LogP contribution in [-0.2, 0) is 16.0 Å². The maximum Gasteiger partial charge on any atom is 0.414 e. The van der Waals surface area contributed by atoms with Crippen LogP contribution in [0.5, 0.6) is 0 Å². The first-order valence-electron chi connectivity index (χ1n) is 5.13. The summed E-state index contributed by atoms with van der Waals surface area (Å²) in [5.41, 5.74) is 1.60. The van der Waals surface area contributed by atoms with Crippen LogP contribution in [0.2, 0.25) is 0 Å². The molecule has 0 bridgehead atoms. The van der Waals surface area contributed by atoms with Gasteiger partial charge in [-0.1, -0.05) is 12.1 Å². The van der Waals surface area contributed by atoms with Crippen molar-refractivity contribution < 1.29 is 14.3 Å². The average molecular weight is 255 g/mol. The normalized spacial score (nSPS) is 14.6. The number of cyclic esters (lactones) is 1. The van der Waals surface area contributed by atoms with Gasteiger partial charge < -0.3 is 4.74 Å². The highest BCUT2D eigenvalue weighted by atomic mass is 35.5. The first kappa shape index (κ1) is 11.7. The van der Waals surface area contributed by atoms with Gasteiger partial charge in [-0.05, 0) is 17.7 Å². The lowest BCUT2D eigenvalue weighted by Crippen LogP contribution is -2.23. The molecule has 0 atom stereocenters. The van der Waals surface area contributed by atoms with Crippen LogP contribution in [0.25, 0.3) is 0 Å². The minimum atomic E-state index is -0.337. The van der Waals surface area contributed by atoms with Gasteiger partial charge in [-0.25, -0.2) is 4.79 Å². The fraction of sp³-hybridized carbons (Fsp3) is 0.273. The lowest BCUT2D eigenvalue weighted by atomic mass is 10.1. The van der Waals surface area contributed by atoms with Crippen molar-refractivity contribution in [3.63, 3.8) is 0 Å². The van der Waals surface area contributed by atoms with Crippen LogP contribution in [0.15, 0.2) is 24.3 Å². The fourth-order valence-electron chi connectivity index (χ4n) is 1.64. The van der Waals surface area contributed by atoms with Gasteiger partial charge >= 0.3 is 6.09 Å². The van der Waals surface area contributed by atoms with Gasteiger partial charge in [-0.3, -0.25) is 14.5 Å². The highest BCUT2D eigenvalue weighted by Gasteiger charge is 2.23. The summed E-state index contributed by atoms with van der Waals surface area (Å²) in [5, 5.41) is 0. The van der Waals surface area contributed by atoms with E-state index in [1.165, 1.54) is 0 Å². The topological polar surface area (TPSA) is 58.6 Å². The SMILES string of the molecule is O=C(Cc1ccc(N2CCOC2=O)cc1)NCl. The number of halogens is 1. The first-order valence-corrected chi connectivity index (χ1v) is 5.51. The molecule has 1 aromatic rings. The van der Waals surface area contributed by atoms with Crippen molar-refractivity contribution in [1.82, 2.24) is 4.84 Å². The van der Waals surface area contributed by atoms with Crippen LogP contribution >= 0.6 is 11.8 Å². The summed E-state index contributed by atoms with van der Waals surface area (Å²) < 4.78 is 4.84. The highest BCUT2D eigenvalue weighted by Crippen LogP contribution is 2.19. The lowest BCUT2D eigenvalue weighted by Gasteiger charge is -2.12. The van der Waals surface area contributed by atoms with Gasteiger partial charge in [0.15, 0.2) is 0 Å². The van der Waals surface area contributed by atoms with Crippen molar-refractivity contribution in [2.45, 2.75) is 6.42 Å². The number of hydrogen-bond donors (Lipinski definition) is 1. The van der Waals surface area contributed by atoms with Crippen LogP contribution in [0.1, 0.15) is 5.56 Å². The predicted octanol–water partition coefficient (Wildman–Crippen LogP) is 1.46. The van der Waals surface area contributed by atoms with Crippen LogP contribution < -0.4 is 9.74 Å². The molecule has 1 N–H and O–H groups in total. The average Bonchev–Trinajstić information content (AvgIpc) is 2.76. The van der Waals surface area contributed by atoms with Crippen LogP contribution in [-0.4, -0.2) is 25.2 Å². The molecule has 0 radical (unpaired) electrons. The lowest BCUT2D eigenvalue weighted by molar-refractivity contribution is -0.118. The second kappa shape index (κ2) is 5.05. The van der Waals surface area contributed by atoms with E-state index < -0.39 is 0 Å². The summed E-state index contributed by atoms with van der Waals surface area (Å²) in [6.45, 7) is 0.968. The molecule has 1 aliphatic heterocycles. The third kappa shape index (κ3) is 2.68. The zero-order valence-electron chi connectivity index (χ0n) is 8.98. The molecule has 2 rings (SSSR count). The number of nitrogens with zero attached hydrogens (tertiary/aromatic N) is 1. The minimum Gasteiger partial charge on any atom is -0.447 e. The zero-order valence-corrected chi connectivity index (χ0v) is 9.74. The summed E-state index contributed by atoms with van der Waals surface area (Å²) in [6, 6.07) is 7.13. The van der Waals surface area contributed by atoms with E-state index in [1.807, 2.05) is 4.84 Å². The minimum absolute atomic E-state index is 0.216. The Bertz CT molecular complexity index is 433. The Morgan fingerprint density at radius 1 is 1.41 bits per heavy atom. The second-order valence-electron chi connectivity index (χ2n) is 3.63. The molecule has 2 amide bonds. The van der Waals surface area contributed by atoms with Crippen molar-refractivity contribution in [3.8, 4) is 0 Å².